The van der Waals surface area contributed by atoms with E-state index in [-0.39, 0.29) is 0 Å². The standard InChI is InChI=1S/C17H21N3/c18-16-6-9-19-17(13-16)20-10-7-15(8-11-20)12-14-4-2-1-3-5-14/h1-6,9,13,15H,7-8,10-12H2,(H2,18,19). The van der Waals surface area contributed by atoms with E-state index in [0.717, 1.165) is 30.5 Å². The van der Waals surface area contributed by atoms with Gasteiger partial charge in [-0.15, -0.1) is 0 Å². The van der Waals surface area contributed by atoms with Crippen LogP contribution in [0, 0.1) is 5.92 Å². The van der Waals surface area contributed by atoms with Crippen LogP contribution >= 0.6 is 0 Å². The Kier molecular flexibility index (Phi) is 3.86. The smallest absolute Gasteiger partial charge is 0.130 e. The maximum atomic E-state index is 5.83. The van der Waals surface area contributed by atoms with Gasteiger partial charge in [-0.1, -0.05) is 30.3 Å². The van der Waals surface area contributed by atoms with Gasteiger partial charge in [-0.2, -0.15) is 0 Å². The summed E-state index contributed by atoms with van der Waals surface area (Å²) in [6, 6.07) is 14.6. The molecule has 0 atom stereocenters. The normalized spacial score (nSPS) is 16.3. The van der Waals surface area contributed by atoms with Crippen molar-refractivity contribution in [1.82, 2.24) is 4.98 Å². The highest BCUT2D eigenvalue weighted by atomic mass is 15.2. The number of nitrogens with zero attached hydrogens (tertiary/aromatic N) is 2. The van der Waals surface area contributed by atoms with E-state index in [4.69, 9.17) is 5.73 Å². The first kappa shape index (κ1) is 13.0. The van der Waals surface area contributed by atoms with Crippen LogP contribution in [-0.2, 0) is 6.42 Å². The zero-order valence-corrected chi connectivity index (χ0v) is 11.7. The molecule has 0 radical (unpaired) electrons. The van der Waals surface area contributed by atoms with Gasteiger partial charge in [0, 0.05) is 31.0 Å². The van der Waals surface area contributed by atoms with Crippen molar-refractivity contribution in [3.05, 3.63) is 54.2 Å². The summed E-state index contributed by atoms with van der Waals surface area (Å²) in [5.41, 5.74) is 8.07. The van der Waals surface area contributed by atoms with Crippen molar-refractivity contribution >= 4 is 11.5 Å². The SMILES string of the molecule is Nc1ccnc(N2CCC(Cc3ccccc3)CC2)c1. The van der Waals surface area contributed by atoms with Crippen molar-refractivity contribution in [2.24, 2.45) is 5.92 Å². The van der Waals surface area contributed by atoms with Crippen LogP contribution in [0.15, 0.2) is 48.7 Å². The Labute approximate surface area is 120 Å². The van der Waals surface area contributed by atoms with Gasteiger partial charge in [0.15, 0.2) is 0 Å². The molecule has 1 aliphatic rings. The highest BCUT2D eigenvalue weighted by molar-refractivity contribution is 5.50. The Balaban J connectivity index is 1.57. The molecule has 20 heavy (non-hydrogen) atoms. The van der Waals surface area contributed by atoms with Crippen LogP contribution in [0.5, 0.6) is 0 Å². The minimum atomic E-state index is 0.787. The number of nitrogens with two attached hydrogens (primary N) is 1. The van der Waals surface area contributed by atoms with Crippen LogP contribution in [-0.4, -0.2) is 18.1 Å². The molecule has 2 N–H and O–H groups in total. The average molecular weight is 267 g/mol. The minimum absolute atomic E-state index is 0.787. The average Bonchev–Trinajstić information content (AvgIpc) is 2.49. The Hall–Kier alpha value is -2.03. The fourth-order valence-electron chi connectivity index (χ4n) is 2.92. The van der Waals surface area contributed by atoms with Crippen LogP contribution < -0.4 is 10.6 Å². The first-order valence-corrected chi connectivity index (χ1v) is 7.31. The topological polar surface area (TPSA) is 42.1 Å². The van der Waals surface area contributed by atoms with Crippen LogP contribution in [0.2, 0.25) is 0 Å². The number of pyridine rings is 1. The molecule has 1 aromatic carbocycles. The van der Waals surface area contributed by atoms with E-state index in [1.165, 1.54) is 24.8 Å². The van der Waals surface area contributed by atoms with Gasteiger partial charge < -0.3 is 10.6 Å². The molecular weight excluding hydrogens is 246 g/mol. The lowest BCUT2D eigenvalue weighted by molar-refractivity contribution is 0.402. The van der Waals surface area contributed by atoms with Gasteiger partial charge in [0.25, 0.3) is 0 Å². The van der Waals surface area contributed by atoms with Crippen LogP contribution in [0.1, 0.15) is 18.4 Å². The molecule has 3 nitrogen and oxygen atoms in total. The van der Waals surface area contributed by atoms with Crippen molar-refractivity contribution in [2.75, 3.05) is 23.7 Å². The van der Waals surface area contributed by atoms with E-state index in [9.17, 15) is 0 Å². The zero-order valence-electron chi connectivity index (χ0n) is 11.7. The number of aromatic nitrogens is 1. The Morgan fingerprint density at radius 3 is 2.55 bits per heavy atom. The molecule has 0 bridgehead atoms. The lowest BCUT2D eigenvalue weighted by Crippen LogP contribution is -2.34. The first-order chi connectivity index (χ1) is 9.81. The number of hydrogen-bond donors (Lipinski definition) is 1. The lowest BCUT2D eigenvalue weighted by atomic mass is 9.90. The van der Waals surface area contributed by atoms with Crippen LogP contribution in [0.3, 0.4) is 0 Å². The van der Waals surface area contributed by atoms with Gasteiger partial charge in [-0.05, 0) is 36.8 Å². The zero-order chi connectivity index (χ0) is 13.8. The highest BCUT2D eigenvalue weighted by Crippen LogP contribution is 2.25. The Bertz CT molecular complexity index is 545. The van der Waals surface area contributed by atoms with Crippen LogP contribution in [0.25, 0.3) is 0 Å². The molecule has 0 unspecified atom stereocenters. The number of anilines is 2. The third-order valence-corrected chi connectivity index (χ3v) is 4.08. The molecule has 3 rings (SSSR count). The van der Waals surface area contributed by atoms with Crippen molar-refractivity contribution in [2.45, 2.75) is 19.3 Å². The van der Waals surface area contributed by atoms with Gasteiger partial charge in [-0.25, -0.2) is 4.98 Å². The summed E-state index contributed by atoms with van der Waals surface area (Å²) in [4.78, 5) is 6.76. The van der Waals surface area contributed by atoms with Crippen LogP contribution in [0.4, 0.5) is 11.5 Å². The molecule has 104 valence electrons. The highest BCUT2D eigenvalue weighted by Gasteiger charge is 2.20. The Morgan fingerprint density at radius 2 is 1.85 bits per heavy atom. The van der Waals surface area contributed by atoms with E-state index in [1.54, 1.807) is 6.20 Å². The molecule has 0 saturated carbocycles. The second kappa shape index (κ2) is 5.95. The predicted molar refractivity (Wildman–Crippen MR) is 83.7 cm³/mol. The van der Waals surface area contributed by atoms with E-state index in [2.05, 4.69) is 40.2 Å². The predicted octanol–water partition coefficient (Wildman–Crippen LogP) is 3.12. The fourth-order valence-corrected chi connectivity index (χ4v) is 2.92. The number of hydrogen-bond acceptors (Lipinski definition) is 3. The van der Waals surface area contributed by atoms with E-state index < -0.39 is 0 Å². The minimum Gasteiger partial charge on any atom is -0.399 e. The molecule has 3 heteroatoms. The molecular formula is C17H21N3. The van der Waals surface area contributed by atoms with Gasteiger partial charge in [0.1, 0.15) is 5.82 Å². The molecule has 2 heterocycles. The van der Waals surface area contributed by atoms with Crippen molar-refractivity contribution in [1.29, 1.82) is 0 Å². The third kappa shape index (κ3) is 3.10. The summed E-state index contributed by atoms with van der Waals surface area (Å²) < 4.78 is 0. The maximum Gasteiger partial charge on any atom is 0.130 e. The molecule has 0 aliphatic carbocycles. The quantitative estimate of drug-likeness (QED) is 0.929. The number of rotatable bonds is 3. The molecule has 1 saturated heterocycles. The molecule has 2 aromatic rings. The second-order valence-corrected chi connectivity index (χ2v) is 5.57. The summed E-state index contributed by atoms with van der Waals surface area (Å²) in [5.74, 6) is 1.80. The largest absolute Gasteiger partial charge is 0.399 e. The number of piperidine rings is 1. The number of nitrogen functional groups attached to an aromatic ring is 1. The summed E-state index contributed by atoms with van der Waals surface area (Å²) in [7, 11) is 0. The van der Waals surface area contributed by atoms with E-state index in [1.807, 2.05) is 12.1 Å². The summed E-state index contributed by atoms with van der Waals surface area (Å²) in [6.45, 7) is 2.15. The fraction of sp³-hybridized carbons (Fsp3) is 0.353. The molecule has 0 amide bonds. The molecule has 1 aliphatic heterocycles. The third-order valence-electron chi connectivity index (χ3n) is 4.08. The van der Waals surface area contributed by atoms with Gasteiger partial charge in [0.2, 0.25) is 0 Å². The van der Waals surface area contributed by atoms with Gasteiger partial charge >= 0.3 is 0 Å². The summed E-state index contributed by atoms with van der Waals surface area (Å²) >= 11 is 0. The Morgan fingerprint density at radius 1 is 1.10 bits per heavy atom. The molecule has 0 spiro atoms. The summed E-state index contributed by atoms with van der Waals surface area (Å²) in [5, 5.41) is 0. The van der Waals surface area contributed by atoms with Gasteiger partial charge in [0.05, 0.1) is 0 Å². The van der Waals surface area contributed by atoms with Gasteiger partial charge in [-0.3, -0.25) is 0 Å². The van der Waals surface area contributed by atoms with Crippen molar-refractivity contribution in [3.63, 3.8) is 0 Å². The van der Waals surface area contributed by atoms with E-state index in [0.29, 0.717) is 0 Å². The van der Waals surface area contributed by atoms with E-state index >= 15 is 0 Å². The summed E-state index contributed by atoms with van der Waals surface area (Å²) in [6.07, 6.45) is 5.44. The van der Waals surface area contributed by atoms with Crippen molar-refractivity contribution < 1.29 is 0 Å². The van der Waals surface area contributed by atoms with Crippen molar-refractivity contribution in [3.8, 4) is 0 Å². The maximum absolute atomic E-state index is 5.83. The molecule has 1 fully saturated rings. The molecule has 1 aromatic heterocycles. The second-order valence-electron chi connectivity index (χ2n) is 5.57. The monoisotopic (exact) mass is 267 g/mol. The number of benzene rings is 1. The first-order valence-electron chi connectivity index (χ1n) is 7.31. The lowest BCUT2D eigenvalue weighted by Gasteiger charge is -2.33.